The number of carbonyl (C=O) groups is 1. The van der Waals surface area contributed by atoms with Crippen LogP contribution >= 0.6 is 0 Å². The standard InChI is InChI=1S/C9H17NO3/c1-7(9(12)13)10(5-6-11)8-3-2-4-8/h7-8,11H,2-6H2,1H3,(H,12,13). The van der Waals surface area contributed by atoms with Gasteiger partial charge in [-0.05, 0) is 19.8 Å². The van der Waals surface area contributed by atoms with Gasteiger partial charge in [0.1, 0.15) is 6.04 Å². The predicted molar refractivity (Wildman–Crippen MR) is 48.5 cm³/mol. The summed E-state index contributed by atoms with van der Waals surface area (Å²) in [6.07, 6.45) is 3.31. The highest BCUT2D eigenvalue weighted by molar-refractivity contribution is 5.72. The first-order valence-electron chi connectivity index (χ1n) is 4.76. The molecule has 76 valence electrons. The topological polar surface area (TPSA) is 60.8 Å². The summed E-state index contributed by atoms with van der Waals surface area (Å²) in [6, 6.07) is -0.101. The molecule has 0 saturated heterocycles. The zero-order chi connectivity index (χ0) is 9.84. The van der Waals surface area contributed by atoms with Crippen molar-refractivity contribution >= 4 is 5.97 Å². The van der Waals surface area contributed by atoms with Crippen molar-refractivity contribution < 1.29 is 15.0 Å². The first-order valence-corrected chi connectivity index (χ1v) is 4.76. The predicted octanol–water partition coefficient (Wildman–Crippen LogP) is 0.306. The van der Waals surface area contributed by atoms with Crippen LogP contribution in [0.2, 0.25) is 0 Å². The maximum Gasteiger partial charge on any atom is 0.320 e. The molecular formula is C9H17NO3. The van der Waals surface area contributed by atoms with Gasteiger partial charge in [0.2, 0.25) is 0 Å². The molecule has 0 bridgehead atoms. The van der Waals surface area contributed by atoms with E-state index in [-0.39, 0.29) is 6.61 Å². The zero-order valence-electron chi connectivity index (χ0n) is 7.94. The van der Waals surface area contributed by atoms with E-state index in [0.717, 1.165) is 12.8 Å². The van der Waals surface area contributed by atoms with Crippen LogP contribution in [0.1, 0.15) is 26.2 Å². The van der Waals surface area contributed by atoms with Gasteiger partial charge in [0.05, 0.1) is 6.61 Å². The summed E-state index contributed by atoms with van der Waals surface area (Å²) in [4.78, 5) is 12.6. The minimum atomic E-state index is -0.805. The molecule has 4 nitrogen and oxygen atoms in total. The Morgan fingerprint density at radius 2 is 2.23 bits per heavy atom. The number of hydrogen-bond acceptors (Lipinski definition) is 3. The lowest BCUT2D eigenvalue weighted by molar-refractivity contribution is -0.144. The van der Waals surface area contributed by atoms with Gasteiger partial charge < -0.3 is 10.2 Å². The summed E-state index contributed by atoms with van der Waals surface area (Å²) >= 11 is 0. The number of nitrogens with zero attached hydrogens (tertiary/aromatic N) is 1. The molecule has 1 fully saturated rings. The molecule has 1 aliphatic carbocycles. The van der Waals surface area contributed by atoms with E-state index >= 15 is 0 Å². The Bertz CT molecular complexity index is 180. The second kappa shape index (κ2) is 4.58. The molecule has 0 aromatic heterocycles. The van der Waals surface area contributed by atoms with Gasteiger partial charge in [-0.1, -0.05) is 6.42 Å². The van der Waals surface area contributed by atoms with Crippen LogP contribution in [-0.2, 0) is 4.79 Å². The molecule has 0 aromatic carbocycles. The van der Waals surface area contributed by atoms with Crippen molar-refractivity contribution in [3.8, 4) is 0 Å². The van der Waals surface area contributed by atoms with Gasteiger partial charge in [-0.25, -0.2) is 0 Å². The Balaban J connectivity index is 2.49. The Hall–Kier alpha value is -0.610. The van der Waals surface area contributed by atoms with E-state index in [0.29, 0.717) is 12.6 Å². The molecule has 0 radical (unpaired) electrons. The molecule has 2 N–H and O–H groups in total. The highest BCUT2D eigenvalue weighted by Crippen LogP contribution is 2.26. The lowest BCUT2D eigenvalue weighted by atomic mass is 9.90. The zero-order valence-corrected chi connectivity index (χ0v) is 7.94. The van der Waals surface area contributed by atoms with Crippen molar-refractivity contribution in [2.45, 2.75) is 38.3 Å². The maximum atomic E-state index is 10.7. The van der Waals surface area contributed by atoms with Gasteiger partial charge in [-0.15, -0.1) is 0 Å². The molecule has 0 aliphatic heterocycles. The maximum absolute atomic E-state index is 10.7. The summed E-state index contributed by atoms with van der Waals surface area (Å²) in [7, 11) is 0. The second-order valence-corrected chi connectivity index (χ2v) is 3.56. The van der Waals surface area contributed by atoms with Crippen molar-refractivity contribution in [1.82, 2.24) is 4.90 Å². The van der Waals surface area contributed by atoms with Crippen LogP contribution in [0.25, 0.3) is 0 Å². The molecular weight excluding hydrogens is 170 g/mol. The molecule has 1 unspecified atom stereocenters. The highest BCUT2D eigenvalue weighted by atomic mass is 16.4. The lowest BCUT2D eigenvalue weighted by Crippen LogP contribution is -2.49. The SMILES string of the molecule is CC(C(=O)O)N(CCO)C1CCC1. The van der Waals surface area contributed by atoms with E-state index < -0.39 is 12.0 Å². The second-order valence-electron chi connectivity index (χ2n) is 3.56. The van der Waals surface area contributed by atoms with E-state index in [4.69, 9.17) is 10.2 Å². The van der Waals surface area contributed by atoms with Crippen LogP contribution < -0.4 is 0 Å². The Morgan fingerprint density at radius 3 is 2.54 bits per heavy atom. The third kappa shape index (κ3) is 2.42. The number of carboxylic acid groups (broad SMARTS) is 1. The summed E-state index contributed by atoms with van der Waals surface area (Å²) in [5.41, 5.74) is 0. The van der Waals surface area contributed by atoms with Crippen molar-refractivity contribution in [3.05, 3.63) is 0 Å². The van der Waals surface area contributed by atoms with E-state index in [2.05, 4.69) is 0 Å². The van der Waals surface area contributed by atoms with Crippen LogP contribution in [0.15, 0.2) is 0 Å². The lowest BCUT2D eigenvalue weighted by Gasteiger charge is -2.39. The molecule has 0 amide bonds. The van der Waals surface area contributed by atoms with E-state index in [1.165, 1.54) is 6.42 Å². The van der Waals surface area contributed by atoms with Gasteiger partial charge in [0.25, 0.3) is 0 Å². The molecule has 1 saturated carbocycles. The number of hydrogen-bond donors (Lipinski definition) is 2. The van der Waals surface area contributed by atoms with Crippen LogP contribution in [0.5, 0.6) is 0 Å². The van der Waals surface area contributed by atoms with Crippen LogP contribution in [0.3, 0.4) is 0 Å². The average molecular weight is 187 g/mol. The van der Waals surface area contributed by atoms with Crippen LogP contribution in [0, 0.1) is 0 Å². The summed E-state index contributed by atoms with van der Waals surface area (Å²) in [5.74, 6) is -0.805. The summed E-state index contributed by atoms with van der Waals surface area (Å²) in [5, 5.41) is 17.6. The van der Waals surface area contributed by atoms with Crippen LogP contribution in [0.4, 0.5) is 0 Å². The monoisotopic (exact) mass is 187 g/mol. The number of aliphatic hydroxyl groups excluding tert-OH is 1. The Morgan fingerprint density at radius 1 is 1.62 bits per heavy atom. The van der Waals surface area contributed by atoms with Gasteiger partial charge in [0.15, 0.2) is 0 Å². The van der Waals surface area contributed by atoms with Gasteiger partial charge in [0, 0.05) is 12.6 Å². The van der Waals surface area contributed by atoms with E-state index in [1.807, 2.05) is 4.90 Å². The number of rotatable bonds is 5. The van der Waals surface area contributed by atoms with E-state index in [9.17, 15) is 4.79 Å². The molecule has 13 heavy (non-hydrogen) atoms. The quantitative estimate of drug-likeness (QED) is 0.650. The molecule has 0 heterocycles. The minimum Gasteiger partial charge on any atom is -0.480 e. The number of aliphatic carboxylic acids is 1. The fourth-order valence-corrected chi connectivity index (χ4v) is 1.67. The van der Waals surface area contributed by atoms with E-state index in [1.54, 1.807) is 6.92 Å². The van der Waals surface area contributed by atoms with Gasteiger partial charge in [-0.3, -0.25) is 9.69 Å². The van der Waals surface area contributed by atoms with Crippen LogP contribution in [-0.4, -0.2) is 46.3 Å². The first-order chi connectivity index (χ1) is 6.16. The molecule has 4 heteroatoms. The fourth-order valence-electron chi connectivity index (χ4n) is 1.67. The molecule has 0 aromatic rings. The van der Waals surface area contributed by atoms with Crippen molar-refractivity contribution in [2.75, 3.05) is 13.2 Å². The highest BCUT2D eigenvalue weighted by Gasteiger charge is 2.30. The summed E-state index contributed by atoms with van der Waals surface area (Å²) < 4.78 is 0. The summed E-state index contributed by atoms with van der Waals surface area (Å²) in [6.45, 7) is 2.18. The average Bonchev–Trinajstić information content (AvgIpc) is 1.99. The molecule has 1 atom stereocenters. The molecule has 1 rings (SSSR count). The largest absolute Gasteiger partial charge is 0.480 e. The van der Waals surface area contributed by atoms with Gasteiger partial charge >= 0.3 is 5.97 Å². The number of aliphatic hydroxyl groups is 1. The van der Waals surface area contributed by atoms with Gasteiger partial charge in [-0.2, -0.15) is 0 Å². The molecule has 0 spiro atoms. The number of carboxylic acids is 1. The third-order valence-corrected chi connectivity index (χ3v) is 2.76. The van der Waals surface area contributed by atoms with Crippen molar-refractivity contribution in [3.63, 3.8) is 0 Å². The third-order valence-electron chi connectivity index (χ3n) is 2.76. The minimum absolute atomic E-state index is 0.0358. The van der Waals surface area contributed by atoms with Crippen molar-refractivity contribution in [2.24, 2.45) is 0 Å². The van der Waals surface area contributed by atoms with Crippen molar-refractivity contribution in [1.29, 1.82) is 0 Å². The fraction of sp³-hybridized carbons (Fsp3) is 0.889. The molecule has 1 aliphatic rings. The Kier molecular flexibility index (Phi) is 3.69. The normalized spacial score (nSPS) is 19.9. The smallest absolute Gasteiger partial charge is 0.320 e. The Labute approximate surface area is 78.2 Å². The first kappa shape index (κ1) is 10.5.